The molecule has 0 aromatic carbocycles. The van der Waals surface area contributed by atoms with Crippen molar-refractivity contribution in [2.45, 2.75) is 26.3 Å². The van der Waals surface area contributed by atoms with Crippen LogP contribution in [-0.4, -0.2) is 14.2 Å². The molecular formula is C11H16N4O. The topological polar surface area (TPSA) is 65.3 Å². The summed E-state index contributed by atoms with van der Waals surface area (Å²) in [4.78, 5) is 11.8. The van der Waals surface area contributed by atoms with Crippen LogP contribution >= 0.6 is 0 Å². The maximum Gasteiger partial charge on any atom is 0.274 e. The molecule has 5 heteroatoms. The minimum Gasteiger partial charge on any atom is -0.331 e. The third-order valence-electron chi connectivity index (χ3n) is 2.78. The molecule has 0 aliphatic heterocycles. The van der Waals surface area contributed by atoms with E-state index in [0.29, 0.717) is 12.5 Å². The van der Waals surface area contributed by atoms with Gasteiger partial charge < -0.3 is 10.3 Å². The van der Waals surface area contributed by atoms with Gasteiger partial charge in [0.25, 0.3) is 5.56 Å². The second-order valence-corrected chi connectivity index (χ2v) is 4.23. The standard InChI is InChI=1S/C11H16N4O/c1-7(2)9-5-10-14(3)8(6-12)4-11(16)15(10)13-9/h4-5,7H,6,12H2,1-3H3. The zero-order valence-corrected chi connectivity index (χ0v) is 9.77. The van der Waals surface area contributed by atoms with Crippen molar-refractivity contribution in [3.63, 3.8) is 0 Å². The first-order valence-electron chi connectivity index (χ1n) is 5.33. The fraction of sp³-hybridized carbons (Fsp3) is 0.455. The van der Waals surface area contributed by atoms with Crippen LogP contribution in [0.1, 0.15) is 31.2 Å². The molecule has 0 radical (unpaired) electrons. The summed E-state index contributed by atoms with van der Waals surface area (Å²) in [6.07, 6.45) is 0. The Morgan fingerprint density at radius 1 is 1.44 bits per heavy atom. The van der Waals surface area contributed by atoms with Crippen molar-refractivity contribution in [2.75, 3.05) is 0 Å². The van der Waals surface area contributed by atoms with Gasteiger partial charge >= 0.3 is 0 Å². The van der Waals surface area contributed by atoms with E-state index >= 15 is 0 Å². The van der Waals surface area contributed by atoms with Crippen LogP contribution in [0, 0.1) is 0 Å². The molecule has 0 saturated heterocycles. The van der Waals surface area contributed by atoms with E-state index in [9.17, 15) is 4.79 Å². The van der Waals surface area contributed by atoms with Crippen LogP contribution < -0.4 is 11.3 Å². The van der Waals surface area contributed by atoms with Gasteiger partial charge in [-0.05, 0) is 5.92 Å². The molecule has 0 aliphatic rings. The number of aryl methyl sites for hydroxylation is 1. The number of nitrogens with zero attached hydrogens (tertiary/aromatic N) is 3. The number of fused-ring (bicyclic) bond motifs is 1. The van der Waals surface area contributed by atoms with Gasteiger partial charge in [-0.1, -0.05) is 13.8 Å². The molecule has 0 fully saturated rings. The number of aromatic nitrogens is 3. The van der Waals surface area contributed by atoms with Crippen molar-refractivity contribution in [3.8, 4) is 0 Å². The van der Waals surface area contributed by atoms with E-state index in [1.807, 2.05) is 17.7 Å². The quantitative estimate of drug-likeness (QED) is 0.806. The fourth-order valence-corrected chi connectivity index (χ4v) is 1.72. The average molecular weight is 220 g/mol. The van der Waals surface area contributed by atoms with Crippen molar-refractivity contribution in [2.24, 2.45) is 12.8 Å². The van der Waals surface area contributed by atoms with Crippen LogP contribution in [0.5, 0.6) is 0 Å². The first-order valence-corrected chi connectivity index (χ1v) is 5.33. The molecule has 86 valence electrons. The highest BCUT2D eigenvalue weighted by Crippen LogP contribution is 2.14. The summed E-state index contributed by atoms with van der Waals surface area (Å²) in [6.45, 7) is 4.45. The number of rotatable bonds is 2. The molecule has 16 heavy (non-hydrogen) atoms. The Morgan fingerprint density at radius 3 is 2.69 bits per heavy atom. The highest BCUT2D eigenvalue weighted by Gasteiger charge is 2.11. The Labute approximate surface area is 93.5 Å². The Hall–Kier alpha value is -1.62. The van der Waals surface area contributed by atoms with Crippen molar-refractivity contribution in [1.29, 1.82) is 0 Å². The van der Waals surface area contributed by atoms with E-state index in [2.05, 4.69) is 18.9 Å². The minimum absolute atomic E-state index is 0.125. The predicted molar refractivity (Wildman–Crippen MR) is 62.4 cm³/mol. The summed E-state index contributed by atoms with van der Waals surface area (Å²) in [5.41, 5.74) is 7.98. The van der Waals surface area contributed by atoms with Gasteiger partial charge in [-0.2, -0.15) is 9.61 Å². The first-order chi connectivity index (χ1) is 7.54. The summed E-state index contributed by atoms with van der Waals surface area (Å²) < 4.78 is 3.33. The number of hydrogen-bond acceptors (Lipinski definition) is 3. The van der Waals surface area contributed by atoms with E-state index in [1.165, 1.54) is 10.6 Å². The van der Waals surface area contributed by atoms with E-state index in [4.69, 9.17) is 5.73 Å². The third kappa shape index (κ3) is 1.53. The maximum atomic E-state index is 11.8. The Kier molecular flexibility index (Phi) is 2.55. The average Bonchev–Trinajstić information content (AvgIpc) is 2.68. The largest absolute Gasteiger partial charge is 0.331 e. The molecule has 0 atom stereocenters. The van der Waals surface area contributed by atoms with Crippen molar-refractivity contribution >= 4 is 5.65 Å². The third-order valence-corrected chi connectivity index (χ3v) is 2.78. The van der Waals surface area contributed by atoms with Gasteiger partial charge in [0, 0.05) is 31.4 Å². The van der Waals surface area contributed by atoms with Crippen LogP contribution in [-0.2, 0) is 13.6 Å². The van der Waals surface area contributed by atoms with Gasteiger partial charge in [-0.15, -0.1) is 0 Å². The Bertz CT molecular complexity index is 579. The lowest BCUT2D eigenvalue weighted by molar-refractivity contribution is 0.742. The van der Waals surface area contributed by atoms with E-state index in [1.54, 1.807) is 0 Å². The Morgan fingerprint density at radius 2 is 2.12 bits per heavy atom. The molecule has 0 aliphatic carbocycles. The van der Waals surface area contributed by atoms with Crippen LogP contribution in [0.4, 0.5) is 0 Å². The smallest absolute Gasteiger partial charge is 0.274 e. The van der Waals surface area contributed by atoms with Crippen LogP contribution in [0.15, 0.2) is 16.9 Å². The summed E-state index contributed by atoms with van der Waals surface area (Å²) in [5, 5.41) is 4.29. The second-order valence-electron chi connectivity index (χ2n) is 4.23. The van der Waals surface area contributed by atoms with Crippen molar-refractivity contribution in [1.82, 2.24) is 14.2 Å². The van der Waals surface area contributed by atoms with Gasteiger partial charge in [0.15, 0.2) is 0 Å². The first kappa shape index (κ1) is 10.9. The molecule has 2 aromatic rings. The molecule has 2 rings (SSSR count). The summed E-state index contributed by atoms with van der Waals surface area (Å²) in [5.74, 6) is 0.306. The van der Waals surface area contributed by atoms with Gasteiger partial charge in [0.1, 0.15) is 5.65 Å². The minimum atomic E-state index is -0.125. The van der Waals surface area contributed by atoms with Crippen LogP contribution in [0.25, 0.3) is 5.65 Å². The number of nitrogens with two attached hydrogens (primary N) is 1. The lowest BCUT2D eigenvalue weighted by Gasteiger charge is -2.07. The van der Waals surface area contributed by atoms with E-state index in [0.717, 1.165) is 17.0 Å². The van der Waals surface area contributed by atoms with Gasteiger partial charge in [0.05, 0.1) is 5.69 Å². The lowest BCUT2D eigenvalue weighted by atomic mass is 10.1. The Balaban J connectivity index is 2.81. The molecule has 0 spiro atoms. The predicted octanol–water partition coefficient (Wildman–Crippen LogP) is 0.615. The molecule has 2 N–H and O–H groups in total. The monoisotopic (exact) mass is 220 g/mol. The maximum absolute atomic E-state index is 11.8. The fourth-order valence-electron chi connectivity index (χ4n) is 1.72. The lowest BCUT2D eigenvalue weighted by Crippen LogP contribution is -2.21. The molecule has 0 amide bonds. The molecule has 0 bridgehead atoms. The molecule has 2 heterocycles. The molecule has 0 saturated carbocycles. The zero-order valence-electron chi connectivity index (χ0n) is 9.77. The SMILES string of the molecule is CC(C)c1cc2n(C)c(CN)cc(=O)n2n1. The van der Waals surface area contributed by atoms with Crippen molar-refractivity contribution in [3.05, 3.63) is 33.9 Å². The van der Waals surface area contributed by atoms with Gasteiger partial charge in [0.2, 0.25) is 0 Å². The van der Waals surface area contributed by atoms with Gasteiger partial charge in [-0.25, -0.2) is 0 Å². The zero-order chi connectivity index (χ0) is 11.9. The normalized spacial score (nSPS) is 11.6. The molecule has 2 aromatic heterocycles. The summed E-state index contributed by atoms with van der Waals surface area (Å²) >= 11 is 0. The van der Waals surface area contributed by atoms with Gasteiger partial charge in [-0.3, -0.25) is 4.79 Å². The number of hydrogen-bond donors (Lipinski definition) is 1. The highest BCUT2D eigenvalue weighted by atomic mass is 16.1. The van der Waals surface area contributed by atoms with Crippen molar-refractivity contribution < 1.29 is 0 Å². The highest BCUT2D eigenvalue weighted by molar-refractivity contribution is 5.42. The summed E-state index contributed by atoms with van der Waals surface area (Å²) in [7, 11) is 1.89. The molecule has 0 unspecified atom stereocenters. The van der Waals surface area contributed by atoms with E-state index in [-0.39, 0.29) is 5.56 Å². The second kappa shape index (κ2) is 3.75. The molecule has 5 nitrogen and oxygen atoms in total. The summed E-state index contributed by atoms with van der Waals surface area (Å²) in [6, 6.07) is 3.47. The molecular weight excluding hydrogens is 204 g/mol. The van der Waals surface area contributed by atoms with Crippen LogP contribution in [0.3, 0.4) is 0 Å². The van der Waals surface area contributed by atoms with Crippen LogP contribution in [0.2, 0.25) is 0 Å². The van der Waals surface area contributed by atoms with E-state index < -0.39 is 0 Å².